The summed E-state index contributed by atoms with van der Waals surface area (Å²) >= 11 is 0. The van der Waals surface area contributed by atoms with E-state index in [1.807, 2.05) is 30.3 Å². The van der Waals surface area contributed by atoms with Crippen molar-refractivity contribution in [2.75, 3.05) is 6.61 Å². The second kappa shape index (κ2) is 6.97. The van der Waals surface area contributed by atoms with Crippen LogP contribution in [0.5, 0.6) is 0 Å². The number of aliphatic hydroxyl groups excluding tert-OH is 1. The fourth-order valence-corrected chi connectivity index (χ4v) is 3.72. The number of ether oxygens (including phenoxy) is 3. The first-order valence-electron chi connectivity index (χ1n) is 9.31. The zero-order valence-electron chi connectivity index (χ0n) is 16.3. The highest BCUT2D eigenvalue weighted by atomic mass is 16.8. The lowest BCUT2D eigenvalue weighted by molar-refractivity contribution is -0.218. The van der Waals surface area contributed by atoms with Crippen LogP contribution in [0, 0.1) is 18.8 Å². The van der Waals surface area contributed by atoms with Gasteiger partial charge >= 0.3 is 5.69 Å². The number of rotatable bonds is 2. The second-order valence-electron chi connectivity index (χ2n) is 7.61. The number of aliphatic hydroxyl groups is 1. The molecule has 0 radical (unpaired) electrons. The molecule has 2 aliphatic rings. The average molecular weight is 398 g/mol. The Morgan fingerprint density at radius 3 is 2.59 bits per heavy atom. The Labute approximate surface area is 167 Å². The van der Waals surface area contributed by atoms with Gasteiger partial charge in [-0.3, -0.25) is 14.3 Å². The van der Waals surface area contributed by atoms with Gasteiger partial charge in [-0.2, -0.15) is 0 Å². The lowest BCUT2D eigenvalue weighted by Gasteiger charge is -2.31. The highest BCUT2D eigenvalue weighted by Gasteiger charge is 2.64. The normalized spacial score (nSPS) is 29.9. The molecule has 2 N–H and O–H groups in total. The summed E-state index contributed by atoms with van der Waals surface area (Å²) in [5.41, 5.74) is -1.74. The minimum absolute atomic E-state index is 0.316. The number of nitrogens with zero attached hydrogens (tertiary/aromatic N) is 1. The molecule has 0 unspecified atom stereocenters. The summed E-state index contributed by atoms with van der Waals surface area (Å²) in [5, 5.41) is 9.86. The molecule has 4 atom stereocenters. The maximum Gasteiger partial charge on any atom is 0.331 e. The van der Waals surface area contributed by atoms with E-state index in [1.165, 1.54) is 10.8 Å². The van der Waals surface area contributed by atoms with Crippen molar-refractivity contribution in [2.45, 2.75) is 50.6 Å². The maximum atomic E-state index is 12.7. The van der Waals surface area contributed by atoms with Crippen LogP contribution < -0.4 is 11.2 Å². The standard InChI is InChI=1S/C21H22N2O6/c1-13-11-23(19(26)22-18(13)25)21(10-9-14-7-5-4-6-8-14)17-16(15(12-24)27-21)28-20(2,3)29-17/h4-8,11,15-17,24H,12H2,1-3H3,(H,22,25,26)/t15-,16-,17-,21-/m1/s1. The van der Waals surface area contributed by atoms with E-state index in [1.54, 1.807) is 20.8 Å². The lowest BCUT2D eigenvalue weighted by atomic mass is 10.0. The molecule has 2 saturated heterocycles. The number of H-pyrrole nitrogens is 1. The van der Waals surface area contributed by atoms with Gasteiger partial charge in [0, 0.05) is 17.3 Å². The fourth-order valence-electron chi connectivity index (χ4n) is 3.72. The van der Waals surface area contributed by atoms with Crippen LogP contribution in [0.3, 0.4) is 0 Å². The third-order valence-corrected chi connectivity index (χ3v) is 5.03. The summed E-state index contributed by atoms with van der Waals surface area (Å²) < 4.78 is 19.3. The number of aryl methyl sites for hydroxylation is 1. The molecule has 0 spiro atoms. The smallest absolute Gasteiger partial charge is 0.331 e. The van der Waals surface area contributed by atoms with Gasteiger partial charge < -0.3 is 19.3 Å². The molecule has 3 heterocycles. The molecule has 2 aromatic rings. The Balaban J connectivity index is 1.94. The van der Waals surface area contributed by atoms with Gasteiger partial charge in [0.1, 0.15) is 12.2 Å². The van der Waals surface area contributed by atoms with Crippen LogP contribution in [0.4, 0.5) is 0 Å². The summed E-state index contributed by atoms with van der Waals surface area (Å²) in [6, 6.07) is 9.22. The van der Waals surface area contributed by atoms with Gasteiger partial charge in [-0.25, -0.2) is 4.79 Å². The summed E-state index contributed by atoms with van der Waals surface area (Å²) in [4.78, 5) is 26.9. The molecule has 1 aromatic carbocycles. The van der Waals surface area contributed by atoms with Crippen molar-refractivity contribution in [1.82, 2.24) is 9.55 Å². The van der Waals surface area contributed by atoms with E-state index >= 15 is 0 Å². The molecule has 4 rings (SSSR count). The number of hydrogen-bond acceptors (Lipinski definition) is 6. The minimum Gasteiger partial charge on any atom is -0.394 e. The van der Waals surface area contributed by atoms with Crippen molar-refractivity contribution in [1.29, 1.82) is 0 Å². The largest absolute Gasteiger partial charge is 0.394 e. The maximum absolute atomic E-state index is 12.7. The Morgan fingerprint density at radius 2 is 1.90 bits per heavy atom. The molecule has 2 fully saturated rings. The third-order valence-electron chi connectivity index (χ3n) is 5.03. The van der Waals surface area contributed by atoms with E-state index in [0.717, 1.165) is 0 Å². The van der Waals surface area contributed by atoms with E-state index in [-0.39, 0.29) is 6.61 Å². The number of aromatic amines is 1. The van der Waals surface area contributed by atoms with Crippen LogP contribution in [0.2, 0.25) is 0 Å². The van der Waals surface area contributed by atoms with Crippen molar-refractivity contribution >= 4 is 0 Å². The van der Waals surface area contributed by atoms with E-state index in [0.29, 0.717) is 11.1 Å². The molecule has 1 aromatic heterocycles. The highest BCUT2D eigenvalue weighted by molar-refractivity contribution is 5.37. The molecular formula is C21H22N2O6. The first-order valence-corrected chi connectivity index (χ1v) is 9.31. The van der Waals surface area contributed by atoms with Gasteiger partial charge in [0.15, 0.2) is 11.9 Å². The fraction of sp³-hybridized carbons (Fsp3) is 0.429. The van der Waals surface area contributed by atoms with Crippen molar-refractivity contribution in [3.05, 3.63) is 68.5 Å². The molecule has 2 aliphatic heterocycles. The number of aromatic nitrogens is 2. The first kappa shape index (κ1) is 19.6. The zero-order chi connectivity index (χ0) is 20.8. The van der Waals surface area contributed by atoms with Crippen molar-refractivity contribution in [2.24, 2.45) is 0 Å². The van der Waals surface area contributed by atoms with E-state index in [4.69, 9.17) is 14.2 Å². The van der Waals surface area contributed by atoms with Gasteiger partial charge in [-0.1, -0.05) is 24.1 Å². The average Bonchev–Trinajstić information content (AvgIpc) is 3.15. The molecule has 8 nitrogen and oxygen atoms in total. The van der Waals surface area contributed by atoms with Crippen molar-refractivity contribution < 1.29 is 19.3 Å². The van der Waals surface area contributed by atoms with Gasteiger partial charge in [0.2, 0.25) is 5.72 Å². The van der Waals surface area contributed by atoms with Crippen LogP contribution in [-0.4, -0.2) is 45.4 Å². The number of hydrogen-bond donors (Lipinski definition) is 2. The van der Waals surface area contributed by atoms with Crippen molar-refractivity contribution in [3.63, 3.8) is 0 Å². The van der Waals surface area contributed by atoms with E-state index < -0.39 is 41.1 Å². The summed E-state index contributed by atoms with van der Waals surface area (Å²) in [7, 11) is 0. The van der Waals surface area contributed by atoms with Gasteiger partial charge in [-0.05, 0) is 38.8 Å². The quantitative estimate of drug-likeness (QED) is 0.713. The summed E-state index contributed by atoms with van der Waals surface area (Å²) in [6.45, 7) is 4.73. The molecule has 29 heavy (non-hydrogen) atoms. The van der Waals surface area contributed by atoms with Crippen LogP contribution in [0.1, 0.15) is 25.0 Å². The topological polar surface area (TPSA) is 103 Å². The minimum atomic E-state index is -1.59. The Hall–Kier alpha value is -2.70. The van der Waals surface area contributed by atoms with Gasteiger partial charge in [0.05, 0.1) is 6.61 Å². The van der Waals surface area contributed by atoms with Crippen LogP contribution in [0.25, 0.3) is 0 Å². The van der Waals surface area contributed by atoms with Crippen LogP contribution >= 0.6 is 0 Å². The number of fused-ring (bicyclic) bond motifs is 1. The third kappa shape index (κ3) is 3.32. The first-order chi connectivity index (χ1) is 13.8. The predicted molar refractivity (Wildman–Crippen MR) is 103 cm³/mol. The predicted octanol–water partition coefficient (Wildman–Crippen LogP) is 0.461. The molecule has 0 saturated carbocycles. The van der Waals surface area contributed by atoms with Crippen LogP contribution in [-0.2, 0) is 19.9 Å². The Morgan fingerprint density at radius 1 is 1.17 bits per heavy atom. The molecule has 8 heteroatoms. The van der Waals surface area contributed by atoms with Gasteiger partial charge in [-0.15, -0.1) is 0 Å². The molecule has 0 bridgehead atoms. The Bertz CT molecular complexity index is 1090. The lowest BCUT2D eigenvalue weighted by Crippen LogP contribution is -2.51. The van der Waals surface area contributed by atoms with E-state index in [2.05, 4.69) is 16.8 Å². The SMILES string of the molecule is Cc1cn([C@]2(C#Cc3ccccc3)O[C@H](CO)[C@H]3OC(C)(C)O[C@H]32)c(=O)[nH]c1=O. The highest BCUT2D eigenvalue weighted by Crippen LogP contribution is 2.46. The van der Waals surface area contributed by atoms with Crippen LogP contribution in [0.15, 0.2) is 46.1 Å². The number of nitrogens with one attached hydrogen (secondary N) is 1. The van der Waals surface area contributed by atoms with Gasteiger partial charge in [0.25, 0.3) is 5.56 Å². The summed E-state index contributed by atoms with van der Waals surface area (Å²) in [5.74, 6) is 5.12. The number of benzene rings is 1. The molecule has 152 valence electrons. The zero-order valence-corrected chi connectivity index (χ0v) is 16.3. The monoisotopic (exact) mass is 398 g/mol. The molecular weight excluding hydrogens is 376 g/mol. The summed E-state index contributed by atoms with van der Waals surface area (Å²) in [6.07, 6.45) is -0.800. The second-order valence-corrected chi connectivity index (χ2v) is 7.61. The molecule has 0 amide bonds. The Kier molecular flexibility index (Phi) is 4.71. The molecule has 0 aliphatic carbocycles. The van der Waals surface area contributed by atoms with Crippen molar-refractivity contribution in [3.8, 4) is 11.8 Å². The van der Waals surface area contributed by atoms with E-state index in [9.17, 15) is 14.7 Å².